The van der Waals surface area contributed by atoms with Crippen molar-refractivity contribution >= 4 is 18.1 Å². The van der Waals surface area contributed by atoms with Crippen molar-refractivity contribution in [2.75, 3.05) is 51.3 Å². The number of aliphatic hydroxyl groups is 1. The minimum absolute atomic E-state index is 0. The van der Waals surface area contributed by atoms with E-state index in [2.05, 4.69) is 42.7 Å². The number of hydrogen-bond acceptors (Lipinski definition) is 5. The van der Waals surface area contributed by atoms with Gasteiger partial charge in [0.05, 0.1) is 12.8 Å². The normalized spacial score (nSPS) is 16.0. The molecular formula is C24H35ClN2O3. The van der Waals surface area contributed by atoms with E-state index in [1.165, 1.54) is 0 Å². The lowest BCUT2D eigenvalue weighted by Gasteiger charge is -2.37. The molecule has 1 atom stereocenters. The van der Waals surface area contributed by atoms with Crippen LogP contribution in [0.3, 0.4) is 0 Å². The number of ether oxygens (including phenoxy) is 2. The van der Waals surface area contributed by atoms with Gasteiger partial charge in [-0.25, -0.2) is 0 Å². The standard InChI is InChI=1S/C24H34N2O3.ClH/c1-24(2,3)20-9-5-7-11-22(20)29-18-19(27)17-25-13-15-26(16-14-25)21-10-6-8-12-23(21)28-4;/h5-12,19,27H,13-18H2,1-4H3;1H. The van der Waals surface area contributed by atoms with Crippen LogP contribution in [0.2, 0.25) is 0 Å². The molecule has 2 aromatic carbocycles. The summed E-state index contributed by atoms with van der Waals surface area (Å²) in [5.74, 6) is 1.77. The van der Waals surface area contributed by atoms with Gasteiger partial charge in [-0.2, -0.15) is 0 Å². The topological polar surface area (TPSA) is 45.2 Å². The van der Waals surface area contributed by atoms with Gasteiger partial charge >= 0.3 is 0 Å². The monoisotopic (exact) mass is 434 g/mol. The van der Waals surface area contributed by atoms with Crippen LogP contribution in [0.4, 0.5) is 5.69 Å². The van der Waals surface area contributed by atoms with Crippen molar-refractivity contribution in [2.24, 2.45) is 0 Å². The second kappa shape index (κ2) is 10.9. The molecule has 0 bridgehead atoms. The zero-order valence-corrected chi connectivity index (χ0v) is 19.3. The van der Waals surface area contributed by atoms with Crippen LogP contribution in [0.5, 0.6) is 11.5 Å². The van der Waals surface area contributed by atoms with Crippen molar-refractivity contribution in [3.8, 4) is 11.5 Å². The largest absolute Gasteiger partial charge is 0.495 e. The van der Waals surface area contributed by atoms with E-state index < -0.39 is 6.10 Å². The predicted molar refractivity (Wildman–Crippen MR) is 126 cm³/mol. The lowest BCUT2D eigenvalue weighted by molar-refractivity contribution is 0.0656. The first-order valence-corrected chi connectivity index (χ1v) is 10.4. The first-order chi connectivity index (χ1) is 13.9. The number of β-amino-alcohol motifs (C(OH)–C–C–N with tert-alkyl or cyclic N) is 1. The van der Waals surface area contributed by atoms with Gasteiger partial charge in [0.25, 0.3) is 0 Å². The molecule has 6 heteroatoms. The average Bonchev–Trinajstić information content (AvgIpc) is 2.72. The van der Waals surface area contributed by atoms with Gasteiger partial charge in [-0.3, -0.25) is 4.90 Å². The minimum atomic E-state index is -0.513. The molecule has 0 saturated carbocycles. The summed E-state index contributed by atoms with van der Waals surface area (Å²) in [6, 6.07) is 16.2. The zero-order valence-electron chi connectivity index (χ0n) is 18.5. The van der Waals surface area contributed by atoms with Gasteiger partial charge in [0.15, 0.2) is 0 Å². The highest BCUT2D eigenvalue weighted by Crippen LogP contribution is 2.31. The Morgan fingerprint density at radius 3 is 2.17 bits per heavy atom. The van der Waals surface area contributed by atoms with Crippen molar-refractivity contribution in [2.45, 2.75) is 32.3 Å². The van der Waals surface area contributed by atoms with E-state index in [1.54, 1.807) is 7.11 Å². The molecule has 2 aromatic rings. The molecule has 0 amide bonds. The predicted octanol–water partition coefficient (Wildman–Crippen LogP) is 3.98. The average molecular weight is 435 g/mol. The smallest absolute Gasteiger partial charge is 0.142 e. The quantitative estimate of drug-likeness (QED) is 0.714. The molecule has 1 unspecified atom stereocenters. The summed E-state index contributed by atoms with van der Waals surface area (Å²) in [5, 5.41) is 10.5. The summed E-state index contributed by atoms with van der Waals surface area (Å²) in [4.78, 5) is 4.65. The van der Waals surface area contributed by atoms with Crippen LogP contribution in [0.1, 0.15) is 26.3 Å². The Labute approximate surface area is 187 Å². The number of anilines is 1. The zero-order chi connectivity index (χ0) is 20.9. The number of nitrogens with zero attached hydrogens (tertiary/aromatic N) is 2. The molecule has 1 aliphatic rings. The number of benzene rings is 2. The van der Waals surface area contributed by atoms with Crippen molar-refractivity contribution in [1.29, 1.82) is 0 Å². The molecule has 1 saturated heterocycles. The second-order valence-electron chi connectivity index (χ2n) is 8.67. The third-order valence-electron chi connectivity index (χ3n) is 5.39. The summed E-state index contributed by atoms with van der Waals surface area (Å²) in [6.45, 7) is 11.1. The Hall–Kier alpha value is -1.95. The van der Waals surface area contributed by atoms with Gasteiger partial charge in [-0.05, 0) is 29.2 Å². The summed E-state index contributed by atoms with van der Waals surface area (Å²) in [5.41, 5.74) is 2.31. The fraction of sp³-hybridized carbons (Fsp3) is 0.500. The van der Waals surface area contributed by atoms with E-state index in [0.29, 0.717) is 13.2 Å². The van der Waals surface area contributed by atoms with E-state index in [0.717, 1.165) is 48.9 Å². The van der Waals surface area contributed by atoms with Crippen LogP contribution in [-0.4, -0.2) is 62.6 Å². The van der Waals surface area contributed by atoms with E-state index in [4.69, 9.17) is 9.47 Å². The summed E-state index contributed by atoms with van der Waals surface area (Å²) >= 11 is 0. The number of aliphatic hydroxyl groups excluding tert-OH is 1. The number of rotatable bonds is 7. The summed E-state index contributed by atoms with van der Waals surface area (Å²) in [6.07, 6.45) is -0.513. The van der Waals surface area contributed by atoms with E-state index in [9.17, 15) is 5.11 Å². The number of methoxy groups -OCH3 is 1. The van der Waals surface area contributed by atoms with Crippen molar-refractivity contribution < 1.29 is 14.6 Å². The van der Waals surface area contributed by atoms with E-state index in [-0.39, 0.29) is 17.8 Å². The molecule has 1 heterocycles. The number of halogens is 1. The molecule has 5 nitrogen and oxygen atoms in total. The molecule has 0 aromatic heterocycles. The Bertz CT molecular complexity index is 786. The summed E-state index contributed by atoms with van der Waals surface area (Å²) in [7, 11) is 1.71. The second-order valence-corrected chi connectivity index (χ2v) is 8.67. The van der Waals surface area contributed by atoms with Gasteiger partial charge < -0.3 is 19.5 Å². The maximum Gasteiger partial charge on any atom is 0.142 e. The number of para-hydroxylation sites is 3. The Kier molecular flexibility index (Phi) is 8.83. The maximum absolute atomic E-state index is 10.5. The van der Waals surface area contributed by atoms with E-state index in [1.807, 2.05) is 36.4 Å². The van der Waals surface area contributed by atoms with Crippen LogP contribution < -0.4 is 14.4 Å². The highest BCUT2D eigenvalue weighted by Gasteiger charge is 2.22. The molecular weight excluding hydrogens is 400 g/mol. The lowest BCUT2D eigenvalue weighted by atomic mass is 9.86. The Balaban J connectivity index is 0.00000320. The van der Waals surface area contributed by atoms with Crippen molar-refractivity contribution in [3.05, 3.63) is 54.1 Å². The van der Waals surface area contributed by atoms with Gasteiger partial charge in [0.1, 0.15) is 24.2 Å². The molecule has 1 N–H and O–H groups in total. The summed E-state index contributed by atoms with van der Waals surface area (Å²) < 4.78 is 11.5. The first kappa shape index (κ1) is 24.3. The molecule has 0 aliphatic carbocycles. The van der Waals surface area contributed by atoms with Gasteiger partial charge in [0.2, 0.25) is 0 Å². The number of hydrogen-bond donors (Lipinski definition) is 1. The minimum Gasteiger partial charge on any atom is -0.495 e. The Morgan fingerprint density at radius 2 is 1.53 bits per heavy atom. The van der Waals surface area contributed by atoms with Crippen molar-refractivity contribution in [3.63, 3.8) is 0 Å². The maximum atomic E-state index is 10.5. The van der Waals surface area contributed by atoms with Gasteiger partial charge in [-0.15, -0.1) is 12.4 Å². The molecule has 1 fully saturated rings. The van der Waals surface area contributed by atoms with Gasteiger partial charge in [0, 0.05) is 32.7 Å². The Morgan fingerprint density at radius 1 is 0.933 bits per heavy atom. The van der Waals surface area contributed by atoms with Crippen LogP contribution in [0, 0.1) is 0 Å². The SMILES string of the molecule is COc1ccccc1N1CCN(CC(O)COc2ccccc2C(C)(C)C)CC1.Cl. The fourth-order valence-corrected chi connectivity index (χ4v) is 3.81. The van der Waals surface area contributed by atoms with Crippen LogP contribution in [0.25, 0.3) is 0 Å². The molecule has 166 valence electrons. The third-order valence-corrected chi connectivity index (χ3v) is 5.39. The number of piperazine rings is 1. The van der Waals surface area contributed by atoms with Crippen LogP contribution in [0.15, 0.2) is 48.5 Å². The highest BCUT2D eigenvalue weighted by atomic mass is 35.5. The molecule has 3 rings (SSSR count). The molecule has 0 radical (unpaired) electrons. The van der Waals surface area contributed by atoms with E-state index >= 15 is 0 Å². The van der Waals surface area contributed by atoms with Crippen LogP contribution in [-0.2, 0) is 5.41 Å². The molecule has 1 aliphatic heterocycles. The fourth-order valence-electron chi connectivity index (χ4n) is 3.81. The molecule has 0 spiro atoms. The molecule has 30 heavy (non-hydrogen) atoms. The highest BCUT2D eigenvalue weighted by molar-refractivity contribution is 5.85. The van der Waals surface area contributed by atoms with Crippen LogP contribution >= 0.6 is 12.4 Å². The van der Waals surface area contributed by atoms with Gasteiger partial charge in [-0.1, -0.05) is 51.1 Å². The lowest BCUT2D eigenvalue weighted by Crippen LogP contribution is -2.49. The van der Waals surface area contributed by atoms with Crippen molar-refractivity contribution in [1.82, 2.24) is 4.90 Å². The third kappa shape index (κ3) is 6.27. The first-order valence-electron chi connectivity index (χ1n) is 10.4.